The zero-order chi connectivity index (χ0) is 13.8. The molecule has 0 aliphatic carbocycles. The second-order valence-electron chi connectivity index (χ2n) is 3.38. The summed E-state index contributed by atoms with van der Waals surface area (Å²) in [5.74, 6) is -0.773. The molecule has 0 unspecified atom stereocenters. The van der Waals surface area contributed by atoms with Crippen LogP contribution in [0.5, 0.6) is 5.75 Å². The van der Waals surface area contributed by atoms with Gasteiger partial charge < -0.3 is 15.2 Å². The molecule has 0 bridgehead atoms. The van der Waals surface area contributed by atoms with Crippen LogP contribution in [0.3, 0.4) is 0 Å². The minimum Gasteiger partial charge on any atom is -0.399 e. The summed E-state index contributed by atoms with van der Waals surface area (Å²) in [5.41, 5.74) is 5.74. The Labute approximate surface area is 104 Å². The molecule has 1 rings (SSSR count). The SMILES string of the molecule is CS(=O)(=O)Oc1ccc(N)cc1C(=O)NCC#N. The highest BCUT2D eigenvalue weighted by molar-refractivity contribution is 7.86. The Kier molecular flexibility index (Phi) is 4.12. The summed E-state index contributed by atoms with van der Waals surface area (Å²) in [6.07, 6.45) is 0.861. The van der Waals surface area contributed by atoms with Crippen molar-refractivity contribution in [2.24, 2.45) is 0 Å². The van der Waals surface area contributed by atoms with Crippen LogP contribution in [-0.2, 0) is 10.1 Å². The Morgan fingerprint density at radius 1 is 1.56 bits per heavy atom. The third-order valence-corrected chi connectivity index (χ3v) is 2.30. The summed E-state index contributed by atoms with van der Waals surface area (Å²) in [5, 5.41) is 10.6. The summed E-state index contributed by atoms with van der Waals surface area (Å²) in [6.45, 7) is -0.202. The van der Waals surface area contributed by atoms with E-state index in [4.69, 9.17) is 11.0 Å². The molecule has 0 spiro atoms. The van der Waals surface area contributed by atoms with Crippen LogP contribution in [0.2, 0.25) is 0 Å². The van der Waals surface area contributed by atoms with Crippen molar-refractivity contribution in [3.8, 4) is 11.8 Å². The number of rotatable bonds is 4. The molecule has 1 amide bonds. The number of amides is 1. The number of nitriles is 1. The Hall–Kier alpha value is -2.27. The fraction of sp³-hybridized carbons (Fsp3) is 0.200. The van der Waals surface area contributed by atoms with Gasteiger partial charge >= 0.3 is 10.1 Å². The minimum absolute atomic E-state index is 0.0457. The summed E-state index contributed by atoms with van der Waals surface area (Å²) < 4.78 is 26.7. The highest BCUT2D eigenvalue weighted by Crippen LogP contribution is 2.22. The van der Waals surface area contributed by atoms with Crippen molar-refractivity contribution in [2.75, 3.05) is 18.5 Å². The smallest absolute Gasteiger partial charge is 0.306 e. The zero-order valence-electron chi connectivity index (χ0n) is 9.50. The fourth-order valence-corrected chi connectivity index (χ4v) is 1.65. The highest BCUT2D eigenvalue weighted by atomic mass is 32.2. The molecule has 0 saturated carbocycles. The maximum atomic E-state index is 11.7. The number of hydrogen-bond acceptors (Lipinski definition) is 6. The lowest BCUT2D eigenvalue weighted by atomic mass is 10.1. The van der Waals surface area contributed by atoms with Gasteiger partial charge in [-0.1, -0.05) is 0 Å². The number of nitrogens with zero attached hydrogens (tertiary/aromatic N) is 1. The monoisotopic (exact) mass is 269 g/mol. The lowest BCUT2D eigenvalue weighted by Gasteiger charge is -2.09. The average molecular weight is 269 g/mol. The minimum atomic E-state index is -3.75. The first-order valence-electron chi connectivity index (χ1n) is 4.77. The van der Waals surface area contributed by atoms with Crippen molar-refractivity contribution in [3.63, 3.8) is 0 Å². The van der Waals surface area contributed by atoms with Crippen LogP contribution in [0.25, 0.3) is 0 Å². The van der Waals surface area contributed by atoms with Crippen molar-refractivity contribution in [3.05, 3.63) is 23.8 Å². The molecule has 0 aliphatic heterocycles. The second kappa shape index (κ2) is 5.37. The molecular formula is C10H11N3O4S. The molecule has 0 atom stereocenters. The van der Waals surface area contributed by atoms with Gasteiger partial charge in [0, 0.05) is 5.69 Å². The number of nitrogens with one attached hydrogen (secondary N) is 1. The molecular weight excluding hydrogens is 258 g/mol. The topological polar surface area (TPSA) is 122 Å². The van der Waals surface area contributed by atoms with Gasteiger partial charge in [0.15, 0.2) is 5.75 Å². The number of anilines is 1. The summed E-state index contributed by atoms with van der Waals surface area (Å²) >= 11 is 0. The molecule has 18 heavy (non-hydrogen) atoms. The Morgan fingerprint density at radius 3 is 2.78 bits per heavy atom. The highest BCUT2D eigenvalue weighted by Gasteiger charge is 2.16. The van der Waals surface area contributed by atoms with E-state index in [0.29, 0.717) is 0 Å². The Balaban J connectivity index is 3.12. The molecule has 1 aromatic carbocycles. The van der Waals surface area contributed by atoms with Gasteiger partial charge in [0.25, 0.3) is 5.91 Å². The van der Waals surface area contributed by atoms with E-state index in [1.165, 1.54) is 18.2 Å². The normalized spacial score (nSPS) is 10.4. The lowest BCUT2D eigenvalue weighted by molar-refractivity contribution is 0.0957. The average Bonchev–Trinajstić information content (AvgIpc) is 2.26. The van der Waals surface area contributed by atoms with Crippen LogP contribution in [0.4, 0.5) is 5.69 Å². The van der Waals surface area contributed by atoms with Gasteiger partial charge in [-0.15, -0.1) is 0 Å². The van der Waals surface area contributed by atoms with Crippen LogP contribution in [-0.4, -0.2) is 27.1 Å². The Bertz CT molecular complexity index is 604. The molecule has 0 aliphatic rings. The molecule has 1 aromatic rings. The van der Waals surface area contributed by atoms with E-state index < -0.39 is 16.0 Å². The Morgan fingerprint density at radius 2 is 2.22 bits per heavy atom. The molecule has 0 radical (unpaired) electrons. The molecule has 0 aromatic heterocycles. The largest absolute Gasteiger partial charge is 0.399 e. The second-order valence-corrected chi connectivity index (χ2v) is 4.96. The molecule has 0 saturated heterocycles. The third kappa shape index (κ3) is 3.95. The zero-order valence-corrected chi connectivity index (χ0v) is 10.3. The van der Waals surface area contributed by atoms with Crippen LogP contribution >= 0.6 is 0 Å². The quantitative estimate of drug-likeness (QED) is 0.445. The van der Waals surface area contributed by atoms with Gasteiger partial charge in [-0.3, -0.25) is 4.79 Å². The van der Waals surface area contributed by atoms with Crippen molar-refractivity contribution in [2.45, 2.75) is 0 Å². The molecule has 8 heteroatoms. The van der Waals surface area contributed by atoms with Crippen molar-refractivity contribution in [1.82, 2.24) is 5.32 Å². The van der Waals surface area contributed by atoms with Crippen molar-refractivity contribution < 1.29 is 17.4 Å². The van der Waals surface area contributed by atoms with E-state index in [1.54, 1.807) is 6.07 Å². The number of nitrogens with two attached hydrogens (primary N) is 1. The maximum Gasteiger partial charge on any atom is 0.306 e. The van der Waals surface area contributed by atoms with Crippen LogP contribution in [0, 0.1) is 11.3 Å². The summed E-state index contributed by atoms with van der Waals surface area (Å²) in [4.78, 5) is 11.7. The van der Waals surface area contributed by atoms with Crippen molar-refractivity contribution in [1.29, 1.82) is 5.26 Å². The van der Waals surface area contributed by atoms with Gasteiger partial charge in [-0.2, -0.15) is 13.7 Å². The predicted octanol–water partition coefficient (Wildman–Crippen LogP) is -0.139. The molecule has 0 heterocycles. The lowest BCUT2D eigenvalue weighted by Crippen LogP contribution is -2.24. The molecule has 3 N–H and O–H groups in total. The fourth-order valence-electron chi connectivity index (χ4n) is 1.18. The first kappa shape index (κ1) is 13.8. The number of carbonyl (C=O) groups excluding carboxylic acids is 1. The van der Waals surface area contributed by atoms with E-state index in [9.17, 15) is 13.2 Å². The number of benzene rings is 1. The van der Waals surface area contributed by atoms with Gasteiger partial charge in [-0.25, -0.2) is 0 Å². The van der Waals surface area contributed by atoms with E-state index >= 15 is 0 Å². The van der Waals surface area contributed by atoms with Gasteiger partial charge in [0.2, 0.25) is 0 Å². The molecule has 0 fully saturated rings. The van der Waals surface area contributed by atoms with Crippen molar-refractivity contribution >= 4 is 21.7 Å². The maximum absolute atomic E-state index is 11.7. The number of hydrogen-bond donors (Lipinski definition) is 2. The third-order valence-electron chi connectivity index (χ3n) is 1.82. The van der Waals surface area contributed by atoms with E-state index in [2.05, 4.69) is 9.50 Å². The van der Waals surface area contributed by atoms with E-state index in [1.807, 2.05) is 0 Å². The number of nitrogen functional groups attached to an aromatic ring is 1. The number of carbonyl (C=O) groups is 1. The first-order chi connectivity index (χ1) is 8.33. The molecule has 96 valence electrons. The first-order valence-corrected chi connectivity index (χ1v) is 6.59. The van der Waals surface area contributed by atoms with E-state index in [-0.39, 0.29) is 23.5 Å². The summed E-state index contributed by atoms with van der Waals surface area (Å²) in [6, 6.07) is 5.68. The standard InChI is InChI=1S/C10H11N3O4S/c1-18(15,16)17-9-3-2-7(12)6-8(9)10(14)13-5-4-11/h2-3,6H,5,12H2,1H3,(H,13,14). The van der Waals surface area contributed by atoms with Crippen LogP contribution < -0.4 is 15.2 Å². The summed E-state index contributed by atoms with van der Waals surface area (Å²) in [7, 11) is -3.75. The molecule has 7 nitrogen and oxygen atoms in total. The van der Waals surface area contributed by atoms with E-state index in [0.717, 1.165) is 6.26 Å². The van der Waals surface area contributed by atoms with Gasteiger partial charge in [0.1, 0.15) is 6.54 Å². The van der Waals surface area contributed by atoms with Gasteiger partial charge in [-0.05, 0) is 18.2 Å². The predicted molar refractivity (Wildman–Crippen MR) is 64.3 cm³/mol. The van der Waals surface area contributed by atoms with Gasteiger partial charge in [0.05, 0.1) is 17.9 Å². The van der Waals surface area contributed by atoms with Crippen LogP contribution in [0.1, 0.15) is 10.4 Å². The van der Waals surface area contributed by atoms with Crippen LogP contribution in [0.15, 0.2) is 18.2 Å².